The van der Waals surface area contributed by atoms with Crippen molar-refractivity contribution >= 4 is 6.09 Å². The topological polar surface area (TPSA) is 73.6 Å². The summed E-state index contributed by atoms with van der Waals surface area (Å²) >= 11 is 0. The predicted molar refractivity (Wildman–Crippen MR) is 74.0 cm³/mol. The SMILES string of the molecule is CC(C)(C)OC(=O)NCCOc1ccc(F)cc1CN. The summed E-state index contributed by atoms with van der Waals surface area (Å²) in [6.45, 7) is 6.08. The van der Waals surface area contributed by atoms with Crippen molar-refractivity contribution < 1.29 is 18.7 Å². The van der Waals surface area contributed by atoms with E-state index in [1.165, 1.54) is 18.2 Å². The first-order valence-electron chi connectivity index (χ1n) is 6.40. The fraction of sp³-hybridized carbons (Fsp3) is 0.500. The average Bonchev–Trinajstić information content (AvgIpc) is 2.33. The summed E-state index contributed by atoms with van der Waals surface area (Å²) in [5.74, 6) is 0.157. The molecule has 0 aliphatic heterocycles. The first-order valence-corrected chi connectivity index (χ1v) is 6.40. The zero-order chi connectivity index (χ0) is 15.2. The van der Waals surface area contributed by atoms with Crippen molar-refractivity contribution in [1.29, 1.82) is 0 Å². The fourth-order valence-corrected chi connectivity index (χ4v) is 1.48. The number of carbonyl (C=O) groups is 1. The third-order valence-corrected chi connectivity index (χ3v) is 2.27. The van der Waals surface area contributed by atoms with Gasteiger partial charge in [0.05, 0.1) is 6.54 Å². The van der Waals surface area contributed by atoms with Gasteiger partial charge in [0.15, 0.2) is 0 Å². The van der Waals surface area contributed by atoms with Crippen LogP contribution in [-0.2, 0) is 11.3 Å². The predicted octanol–water partition coefficient (Wildman–Crippen LogP) is 2.19. The molecule has 1 aromatic rings. The van der Waals surface area contributed by atoms with E-state index in [0.29, 0.717) is 11.3 Å². The molecule has 1 aromatic carbocycles. The van der Waals surface area contributed by atoms with Crippen molar-refractivity contribution in [2.75, 3.05) is 13.2 Å². The summed E-state index contributed by atoms with van der Waals surface area (Å²) in [6, 6.07) is 4.15. The quantitative estimate of drug-likeness (QED) is 0.813. The molecule has 3 N–H and O–H groups in total. The minimum absolute atomic E-state index is 0.187. The van der Waals surface area contributed by atoms with E-state index >= 15 is 0 Å². The van der Waals surface area contributed by atoms with Crippen LogP contribution in [0.3, 0.4) is 0 Å². The molecule has 112 valence electrons. The van der Waals surface area contributed by atoms with E-state index in [1.54, 1.807) is 20.8 Å². The van der Waals surface area contributed by atoms with E-state index < -0.39 is 11.7 Å². The number of alkyl carbamates (subject to hydrolysis) is 1. The first-order chi connectivity index (χ1) is 9.31. The summed E-state index contributed by atoms with van der Waals surface area (Å²) < 4.78 is 23.5. The normalized spacial score (nSPS) is 11.1. The zero-order valence-corrected chi connectivity index (χ0v) is 12.0. The van der Waals surface area contributed by atoms with E-state index in [2.05, 4.69) is 5.32 Å². The van der Waals surface area contributed by atoms with Crippen LogP contribution in [0.1, 0.15) is 26.3 Å². The lowest BCUT2D eigenvalue weighted by molar-refractivity contribution is 0.0520. The van der Waals surface area contributed by atoms with Gasteiger partial charge < -0.3 is 20.5 Å². The molecule has 0 atom stereocenters. The molecular formula is C14H21FN2O3. The number of carbonyl (C=O) groups excluding carboxylic acids is 1. The molecule has 0 spiro atoms. The van der Waals surface area contributed by atoms with Crippen LogP contribution in [0, 0.1) is 5.82 Å². The van der Waals surface area contributed by atoms with Gasteiger partial charge in [-0.05, 0) is 39.0 Å². The van der Waals surface area contributed by atoms with Crippen molar-refractivity contribution in [3.63, 3.8) is 0 Å². The Morgan fingerprint density at radius 1 is 1.40 bits per heavy atom. The van der Waals surface area contributed by atoms with Gasteiger partial charge in [-0.25, -0.2) is 9.18 Å². The summed E-state index contributed by atoms with van der Waals surface area (Å²) in [5, 5.41) is 2.57. The van der Waals surface area contributed by atoms with Crippen LogP contribution >= 0.6 is 0 Å². The van der Waals surface area contributed by atoms with Crippen molar-refractivity contribution in [2.24, 2.45) is 5.73 Å². The first kappa shape index (κ1) is 16.2. The zero-order valence-electron chi connectivity index (χ0n) is 12.0. The van der Waals surface area contributed by atoms with Gasteiger partial charge >= 0.3 is 6.09 Å². The highest BCUT2D eigenvalue weighted by atomic mass is 19.1. The number of halogens is 1. The molecule has 0 saturated carbocycles. The Morgan fingerprint density at radius 3 is 2.70 bits per heavy atom. The van der Waals surface area contributed by atoms with Crippen LogP contribution in [0.15, 0.2) is 18.2 Å². The lowest BCUT2D eigenvalue weighted by Gasteiger charge is -2.19. The second kappa shape index (κ2) is 7.09. The Labute approximate surface area is 118 Å². The Hall–Kier alpha value is -1.82. The lowest BCUT2D eigenvalue weighted by Crippen LogP contribution is -2.34. The van der Waals surface area contributed by atoms with Gasteiger partial charge in [0.2, 0.25) is 0 Å². The van der Waals surface area contributed by atoms with Crippen molar-refractivity contribution in [3.05, 3.63) is 29.6 Å². The number of hydrogen-bond donors (Lipinski definition) is 2. The summed E-state index contributed by atoms with van der Waals surface area (Å²) in [5.41, 5.74) is 5.56. The molecule has 1 rings (SSSR count). The highest BCUT2D eigenvalue weighted by Gasteiger charge is 2.15. The molecule has 0 unspecified atom stereocenters. The van der Waals surface area contributed by atoms with Crippen LogP contribution in [0.4, 0.5) is 9.18 Å². The van der Waals surface area contributed by atoms with Gasteiger partial charge in [-0.1, -0.05) is 0 Å². The molecule has 0 bridgehead atoms. The number of ether oxygens (including phenoxy) is 2. The Morgan fingerprint density at radius 2 is 2.10 bits per heavy atom. The molecule has 0 heterocycles. The molecule has 1 amide bonds. The number of amides is 1. The van der Waals surface area contributed by atoms with E-state index in [4.69, 9.17) is 15.2 Å². The molecule has 5 nitrogen and oxygen atoms in total. The molecule has 0 aliphatic carbocycles. The molecule has 0 aliphatic rings. The van der Waals surface area contributed by atoms with Crippen LogP contribution in [-0.4, -0.2) is 24.8 Å². The van der Waals surface area contributed by atoms with E-state index in [1.807, 2.05) is 0 Å². The van der Waals surface area contributed by atoms with Crippen LogP contribution in [0.2, 0.25) is 0 Å². The minimum atomic E-state index is -0.533. The third kappa shape index (κ3) is 5.88. The number of rotatable bonds is 5. The maximum absolute atomic E-state index is 13.0. The molecule has 6 heteroatoms. The summed E-state index contributed by atoms with van der Waals surface area (Å²) in [4.78, 5) is 11.4. The summed E-state index contributed by atoms with van der Waals surface area (Å²) in [6.07, 6.45) is -0.501. The largest absolute Gasteiger partial charge is 0.491 e. The highest BCUT2D eigenvalue weighted by molar-refractivity contribution is 5.67. The van der Waals surface area contributed by atoms with Gasteiger partial charge in [0, 0.05) is 12.1 Å². The van der Waals surface area contributed by atoms with Gasteiger partial charge in [-0.3, -0.25) is 0 Å². The standard InChI is InChI=1S/C14H21FN2O3/c1-14(2,3)20-13(18)17-6-7-19-12-5-4-11(15)8-10(12)9-16/h4-5,8H,6-7,9,16H2,1-3H3,(H,17,18). The Balaban J connectivity index is 2.36. The summed E-state index contributed by atoms with van der Waals surface area (Å²) in [7, 11) is 0. The van der Waals surface area contributed by atoms with Gasteiger partial charge in [-0.15, -0.1) is 0 Å². The second-order valence-electron chi connectivity index (χ2n) is 5.23. The second-order valence-corrected chi connectivity index (χ2v) is 5.23. The Bertz CT molecular complexity index is 458. The van der Waals surface area contributed by atoms with Crippen molar-refractivity contribution in [2.45, 2.75) is 32.9 Å². The van der Waals surface area contributed by atoms with Crippen LogP contribution < -0.4 is 15.8 Å². The minimum Gasteiger partial charge on any atom is -0.491 e. The van der Waals surface area contributed by atoms with Crippen LogP contribution in [0.5, 0.6) is 5.75 Å². The maximum Gasteiger partial charge on any atom is 0.407 e. The molecule has 0 radical (unpaired) electrons. The van der Waals surface area contributed by atoms with Gasteiger partial charge in [-0.2, -0.15) is 0 Å². The number of hydrogen-bond acceptors (Lipinski definition) is 4. The third-order valence-electron chi connectivity index (χ3n) is 2.27. The van der Waals surface area contributed by atoms with E-state index in [0.717, 1.165) is 0 Å². The smallest absolute Gasteiger partial charge is 0.407 e. The van der Waals surface area contributed by atoms with E-state index in [-0.39, 0.29) is 25.5 Å². The molecule has 0 fully saturated rings. The molecule has 0 aromatic heterocycles. The molecule has 20 heavy (non-hydrogen) atoms. The van der Waals surface area contributed by atoms with E-state index in [9.17, 15) is 9.18 Å². The number of benzene rings is 1. The number of nitrogens with one attached hydrogen (secondary N) is 1. The molecular weight excluding hydrogens is 263 g/mol. The average molecular weight is 284 g/mol. The van der Waals surface area contributed by atoms with Crippen LogP contribution in [0.25, 0.3) is 0 Å². The maximum atomic E-state index is 13.0. The number of nitrogens with two attached hydrogens (primary N) is 1. The van der Waals surface area contributed by atoms with Crippen molar-refractivity contribution in [1.82, 2.24) is 5.32 Å². The highest BCUT2D eigenvalue weighted by Crippen LogP contribution is 2.18. The van der Waals surface area contributed by atoms with Crippen molar-refractivity contribution in [3.8, 4) is 5.75 Å². The molecule has 0 saturated heterocycles. The van der Waals surface area contributed by atoms with Gasteiger partial charge in [0.1, 0.15) is 23.8 Å². The lowest BCUT2D eigenvalue weighted by atomic mass is 10.2. The van der Waals surface area contributed by atoms with Gasteiger partial charge in [0.25, 0.3) is 0 Å². The fourth-order valence-electron chi connectivity index (χ4n) is 1.48. The Kier molecular flexibility index (Phi) is 5.76. The monoisotopic (exact) mass is 284 g/mol.